The predicted molar refractivity (Wildman–Crippen MR) is 127 cm³/mol. The van der Waals surface area contributed by atoms with E-state index in [2.05, 4.69) is 0 Å². The van der Waals surface area contributed by atoms with Crippen LogP contribution in [0, 0.1) is 0 Å². The highest BCUT2D eigenvalue weighted by Gasteiger charge is 2.36. The van der Waals surface area contributed by atoms with Gasteiger partial charge in [0, 0.05) is 23.1 Å². The topological polar surface area (TPSA) is 78.0 Å². The molecule has 4 rings (SSSR count). The van der Waals surface area contributed by atoms with Gasteiger partial charge < -0.3 is 14.2 Å². The third kappa shape index (κ3) is 5.07. The van der Waals surface area contributed by atoms with Crippen LogP contribution < -0.4 is 9.64 Å². The Kier molecular flexibility index (Phi) is 7.36. The van der Waals surface area contributed by atoms with E-state index in [1.165, 1.54) is 4.90 Å². The Bertz CT molecular complexity index is 1110. The summed E-state index contributed by atoms with van der Waals surface area (Å²) in [6.07, 6.45) is 0.414. The average molecular weight is 467 g/mol. The van der Waals surface area contributed by atoms with Crippen LogP contribution in [0.3, 0.4) is 0 Å². The number of hydrogen-bond acceptors (Lipinski definition) is 7. The van der Waals surface area contributed by atoms with Crippen molar-refractivity contribution in [3.8, 4) is 27.6 Å². The number of anilines is 1. The van der Waals surface area contributed by atoms with Gasteiger partial charge in [0.1, 0.15) is 23.4 Å². The van der Waals surface area contributed by atoms with E-state index in [0.29, 0.717) is 31.1 Å². The lowest BCUT2D eigenvalue weighted by molar-refractivity contribution is -0.148. The highest BCUT2D eigenvalue weighted by molar-refractivity contribution is 7.13. The highest BCUT2D eigenvalue weighted by atomic mass is 32.1. The summed E-state index contributed by atoms with van der Waals surface area (Å²) in [6.45, 7) is 4.63. The van der Waals surface area contributed by atoms with Crippen molar-refractivity contribution in [3.05, 3.63) is 53.9 Å². The third-order valence-corrected chi connectivity index (χ3v) is 6.20. The SMILES string of the molecule is CCOCCOC(=O)C(CC)N1C(=O)COc2ccc(-c3csc(-c4ccccc4)n3)cc21. The van der Waals surface area contributed by atoms with Gasteiger partial charge in [-0.25, -0.2) is 9.78 Å². The number of nitrogens with zero attached hydrogens (tertiary/aromatic N) is 2. The molecule has 3 aromatic rings. The van der Waals surface area contributed by atoms with E-state index in [-0.39, 0.29) is 19.1 Å². The lowest BCUT2D eigenvalue weighted by atomic mass is 10.1. The van der Waals surface area contributed by atoms with Crippen molar-refractivity contribution >= 4 is 28.9 Å². The first kappa shape index (κ1) is 22.9. The first-order valence-electron chi connectivity index (χ1n) is 11.0. The van der Waals surface area contributed by atoms with Gasteiger partial charge in [0.2, 0.25) is 0 Å². The normalized spacial score (nSPS) is 13.9. The van der Waals surface area contributed by atoms with E-state index < -0.39 is 12.0 Å². The molecule has 8 heteroatoms. The molecule has 0 aliphatic carbocycles. The Balaban J connectivity index is 1.61. The number of esters is 1. The number of aromatic nitrogens is 1. The minimum Gasteiger partial charge on any atom is -0.482 e. The van der Waals surface area contributed by atoms with Crippen LogP contribution in [0.2, 0.25) is 0 Å². The molecular formula is C25H26N2O5S. The van der Waals surface area contributed by atoms with Crippen LogP contribution in [0.25, 0.3) is 21.8 Å². The molecule has 1 atom stereocenters. The maximum Gasteiger partial charge on any atom is 0.329 e. The van der Waals surface area contributed by atoms with Crippen molar-refractivity contribution in [2.45, 2.75) is 26.3 Å². The van der Waals surface area contributed by atoms with Gasteiger partial charge in [-0.2, -0.15) is 0 Å². The van der Waals surface area contributed by atoms with Gasteiger partial charge in [-0.15, -0.1) is 11.3 Å². The van der Waals surface area contributed by atoms with E-state index in [0.717, 1.165) is 21.8 Å². The number of fused-ring (bicyclic) bond motifs is 1. The minimum absolute atomic E-state index is 0.121. The number of amides is 1. The van der Waals surface area contributed by atoms with Gasteiger partial charge in [-0.1, -0.05) is 37.3 Å². The second-order valence-corrected chi connectivity index (χ2v) is 8.29. The van der Waals surface area contributed by atoms with Crippen LogP contribution in [0.4, 0.5) is 5.69 Å². The Labute approximate surface area is 196 Å². The van der Waals surface area contributed by atoms with Gasteiger partial charge in [0.05, 0.1) is 18.0 Å². The molecule has 1 aliphatic rings. The largest absolute Gasteiger partial charge is 0.482 e. The second-order valence-electron chi connectivity index (χ2n) is 7.43. The Hall–Kier alpha value is -3.23. The highest BCUT2D eigenvalue weighted by Crippen LogP contribution is 2.38. The fourth-order valence-corrected chi connectivity index (χ4v) is 4.52. The fraction of sp³-hybridized carbons (Fsp3) is 0.320. The van der Waals surface area contributed by atoms with Crippen LogP contribution in [0.15, 0.2) is 53.9 Å². The molecule has 2 aromatic carbocycles. The summed E-state index contributed by atoms with van der Waals surface area (Å²) in [6, 6.07) is 14.8. The number of carbonyl (C=O) groups excluding carboxylic acids is 2. The van der Waals surface area contributed by atoms with Crippen molar-refractivity contribution in [2.24, 2.45) is 0 Å². The fourth-order valence-electron chi connectivity index (χ4n) is 3.69. The van der Waals surface area contributed by atoms with E-state index in [4.69, 9.17) is 19.2 Å². The summed E-state index contributed by atoms with van der Waals surface area (Å²) in [5.41, 5.74) is 3.24. The molecule has 1 aliphatic heterocycles. The zero-order chi connectivity index (χ0) is 23.2. The smallest absolute Gasteiger partial charge is 0.329 e. The summed E-state index contributed by atoms with van der Waals surface area (Å²) in [5.74, 6) is -0.183. The average Bonchev–Trinajstić information content (AvgIpc) is 3.34. The maximum atomic E-state index is 12.8. The molecule has 0 saturated carbocycles. The van der Waals surface area contributed by atoms with Crippen molar-refractivity contribution < 1.29 is 23.8 Å². The van der Waals surface area contributed by atoms with Crippen LogP contribution >= 0.6 is 11.3 Å². The lowest BCUT2D eigenvalue weighted by Crippen LogP contribution is -2.50. The third-order valence-electron chi connectivity index (χ3n) is 5.31. The summed E-state index contributed by atoms with van der Waals surface area (Å²) in [4.78, 5) is 31.9. The Morgan fingerprint density at radius 2 is 1.97 bits per heavy atom. The molecule has 1 amide bonds. The minimum atomic E-state index is -0.743. The monoisotopic (exact) mass is 466 g/mol. The number of ether oxygens (including phenoxy) is 3. The van der Waals surface area contributed by atoms with E-state index >= 15 is 0 Å². The second kappa shape index (κ2) is 10.6. The first-order chi connectivity index (χ1) is 16.1. The molecule has 0 spiro atoms. The first-order valence-corrected chi connectivity index (χ1v) is 11.8. The molecule has 7 nitrogen and oxygen atoms in total. The zero-order valence-corrected chi connectivity index (χ0v) is 19.5. The summed E-state index contributed by atoms with van der Waals surface area (Å²) >= 11 is 1.56. The Morgan fingerprint density at radius 1 is 1.15 bits per heavy atom. The summed E-state index contributed by atoms with van der Waals surface area (Å²) in [5, 5.41) is 2.90. The van der Waals surface area contributed by atoms with Gasteiger partial charge in [0.25, 0.3) is 5.91 Å². The van der Waals surface area contributed by atoms with Crippen molar-refractivity contribution in [1.29, 1.82) is 0 Å². The zero-order valence-electron chi connectivity index (χ0n) is 18.7. The quantitative estimate of drug-likeness (QED) is 0.340. The van der Waals surface area contributed by atoms with E-state index in [9.17, 15) is 9.59 Å². The number of benzene rings is 2. The van der Waals surface area contributed by atoms with Gasteiger partial charge >= 0.3 is 5.97 Å². The standard InChI is InChI=1S/C25H26N2O5S/c1-3-20(25(29)31-13-12-30-4-2)27-21-14-18(10-11-22(21)32-15-23(27)28)19-16-33-24(26-19)17-8-6-5-7-9-17/h5-11,14,16,20H,3-4,12-13,15H2,1-2H3. The molecule has 1 aromatic heterocycles. The van der Waals surface area contributed by atoms with Crippen LogP contribution in [-0.4, -0.2) is 49.3 Å². The van der Waals surface area contributed by atoms with Gasteiger partial charge in [0.15, 0.2) is 6.61 Å². The predicted octanol–water partition coefficient (Wildman–Crippen LogP) is 4.56. The molecule has 0 saturated heterocycles. The van der Waals surface area contributed by atoms with Crippen molar-refractivity contribution in [1.82, 2.24) is 4.98 Å². The number of thiazole rings is 1. The summed E-state index contributed by atoms with van der Waals surface area (Å²) < 4.78 is 16.2. The van der Waals surface area contributed by atoms with Crippen LogP contribution in [-0.2, 0) is 19.1 Å². The molecule has 0 bridgehead atoms. The van der Waals surface area contributed by atoms with E-state index in [1.54, 1.807) is 11.3 Å². The molecule has 33 heavy (non-hydrogen) atoms. The number of carbonyl (C=O) groups is 2. The molecule has 2 heterocycles. The van der Waals surface area contributed by atoms with E-state index in [1.807, 2.05) is 67.8 Å². The lowest BCUT2D eigenvalue weighted by Gasteiger charge is -2.34. The Morgan fingerprint density at radius 3 is 2.73 bits per heavy atom. The molecule has 1 unspecified atom stereocenters. The van der Waals surface area contributed by atoms with Crippen LogP contribution in [0.5, 0.6) is 5.75 Å². The maximum absolute atomic E-state index is 12.8. The number of rotatable bonds is 9. The van der Waals surface area contributed by atoms with Crippen molar-refractivity contribution in [2.75, 3.05) is 31.3 Å². The molecule has 172 valence electrons. The molecule has 0 N–H and O–H groups in total. The van der Waals surface area contributed by atoms with Crippen molar-refractivity contribution in [3.63, 3.8) is 0 Å². The molecular weight excluding hydrogens is 440 g/mol. The number of hydrogen-bond donors (Lipinski definition) is 0. The molecule has 0 fully saturated rings. The van der Waals surface area contributed by atoms with Crippen LogP contribution in [0.1, 0.15) is 20.3 Å². The summed E-state index contributed by atoms with van der Waals surface area (Å²) in [7, 11) is 0. The van der Waals surface area contributed by atoms with Gasteiger partial charge in [-0.05, 0) is 31.5 Å². The van der Waals surface area contributed by atoms with Gasteiger partial charge in [-0.3, -0.25) is 9.69 Å². The molecule has 0 radical (unpaired) electrons.